The highest BCUT2D eigenvalue weighted by atomic mass is 32.2. The normalized spacial score (nSPS) is 14.1. The highest BCUT2D eigenvalue weighted by Gasteiger charge is 2.26. The predicted octanol–water partition coefficient (Wildman–Crippen LogP) is 2.27. The minimum absolute atomic E-state index is 0.0122. The fourth-order valence-electron chi connectivity index (χ4n) is 3.47. The highest BCUT2D eigenvalue weighted by molar-refractivity contribution is 7.89. The Morgan fingerprint density at radius 2 is 1.87 bits per heavy atom. The number of methoxy groups -OCH3 is 1. The number of sulfonamides is 1. The van der Waals surface area contributed by atoms with Crippen molar-refractivity contribution < 1.29 is 17.9 Å². The van der Waals surface area contributed by atoms with E-state index in [-0.39, 0.29) is 11.7 Å². The standard InChI is InChI=1S/C22H29N3O4S/c1-24(2)20-8-5-17(6-9-20)22(26)23-12-4-14-30(27,28)25-13-11-18-15-21(29-3)10-7-19(18)16-25/h5-10,15H,4,11-14,16H2,1-3H3,(H,23,26). The maximum Gasteiger partial charge on any atom is 0.251 e. The van der Waals surface area contributed by atoms with Crippen molar-refractivity contribution in [3.8, 4) is 5.75 Å². The van der Waals surface area contributed by atoms with Gasteiger partial charge in [-0.05, 0) is 60.4 Å². The van der Waals surface area contributed by atoms with Crippen LogP contribution < -0.4 is 15.0 Å². The molecule has 0 saturated heterocycles. The average molecular weight is 432 g/mol. The number of hydrogen-bond acceptors (Lipinski definition) is 5. The number of amides is 1. The third-order valence-electron chi connectivity index (χ3n) is 5.29. The minimum atomic E-state index is -3.37. The Kier molecular flexibility index (Phi) is 6.99. The van der Waals surface area contributed by atoms with Gasteiger partial charge in [-0.1, -0.05) is 6.07 Å². The number of ether oxygens (including phenoxy) is 1. The molecule has 8 heteroatoms. The van der Waals surface area contributed by atoms with Crippen molar-refractivity contribution in [2.24, 2.45) is 0 Å². The zero-order valence-electron chi connectivity index (χ0n) is 17.7. The zero-order valence-corrected chi connectivity index (χ0v) is 18.5. The van der Waals surface area contributed by atoms with E-state index >= 15 is 0 Å². The number of carbonyl (C=O) groups excluding carboxylic acids is 1. The Morgan fingerprint density at radius 1 is 1.13 bits per heavy atom. The van der Waals surface area contributed by atoms with Crippen LogP contribution in [0.25, 0.3) is 0 Å². The fourth-order valence-corrected chi connectivity index (χ4v) is 4.94. The SMILES string of the molecule is COc1ccc2c(c1)CCN(S(=O)(=O)CCCNC(=O)c1ccc(N(C)C)cc1)C2. The highest BCUT2D eigenvalue weighted by Crippen LogP contribution is 2.25. The molecule has 0 aliphatic carbocycles. The van der Waals surface area contributed by atoms with E-state index in [4.69, 9.17) is 4.74 Å². The molecule has 0 aromatic heterocycles. The molecule has 0 atom stereocenters. The summed E-state index contributed by atoms with van der Waals surface area (Å²) in [6, 6.07) is 13.0. The summed E-state index contributed by atoms with van der Waals surface area (Å²) in [5.74, 6) is 0.605. The molecule has 2 aromatic rings. The van der Waals surface area contributed by atoms with Crippen molar-refractivity contribution in [1.29, 1.82) is 0 Å². The van der Waals surface area contributed by atoms with Crippen LogP contribution in [0, 0.1) is 0 Å². The first-order valence-electron chi connectivity index (χ1n) is 9.99. The Labute approximate surface area is 178 Å². The smallest absolute Gasteiger partial charge is 0.251 e. The van der Waals surface area contributed by atoms with Crippen molar-refractivity contribution in [2.75, 3.05) is 44.9 Å². The van der Waals surface area contributed by atoms with Gasteiger partial charge in [0.25, 0.3) is 5.91 Å². The lowest BCUT2D eigenvalue weighted by Crippen LogP contribution is -2.38. The molecule has 0 bridgehead atoms. The topological polar surface area (TPSA) is 79.0 Å². The van der Waals surface area contributed by atoms with Gasteiger partial charge in [0, 0.05) is 45.0 Å². The van der Waals surface area contributed by atoms with Gasteiger partial charge in [-0.15, -0.1) is 0 Å². The van der Waals surface area contributed by atoms with E-state index in [2.05, 4.69) is 5.32 Å². The predicted molar refractivity (Wildman–Crippen MR) is 119 cm³/mol. The van der Waals surface area contributed by atoms with Crippen LogP contribution in [0.2, 0.25) is 0 Å². The van der Waals surface area contributed by atoms with Crippen LogP contribution in [0.5, 0.6) is 5.75 Å². The molecule has 1 heterocycles. The minimum Gasteiger partial charge on any atom is -0.497 e. The van der Waals surface area contributed by atoms with Crippen LogP contribution in [-0.2, 0) is 23.0 Å². The monoisotopic (exact) mass is 431 g/mol. The van der Waals surface area contributed by atoms with Gasteiger partial charge in [0.05, 0.1) is 12.9 Å². The maximum atomic E-state index is 12.7. The maximum absolute atomic E-state index is 12.7. The zero-order chi connectivity index (χ0) is 21.7. The summed E-state index contributed by atoms with van der Waals surface area (Å²) in [7, 11) is 2.13. The number of nitrogens with one attached hydrogen (secondary N) is 1. The number of rotatable bonds is 8. The summed E-state index contributed by atoms with van der Waals surface area (Å²) in [5, 5.41) is 2.80. The third-order valence-corrected chi connectivity index (χ3v) is 7.20. The summed E-state index contributed by atoms with van der Waals surface area (Å²) in [4.78, 5) is 14.2. The first kappa shape index (κ1) is 22.1. The van der Waals surface area contributed by atoms with E-state index in [0.29, 0.717) is 38.0 Å². The van der Waals surface area contributed by atoms with Crippen molar-refractivity contribution in [3.05, 3.63) is 59.2 Å². The first-order chi connectivity index (χ1) is 14.3. The van der Waals surface area contributed by atoms with E-state index < -0.39 is 10.0 Å². The Morgan fingerprint density at radius 3 is 2.53 bits per heavy atom. The lowest BCUT2D eigenvalue weighted by Gasteiger charge is -2.28. The van der Waals surface area contributed by atoms with Crippen LogP contribution in [-0.4, -0.2) is 58.7 Å². The Bertz CT molecular complexity index is 988. The summed E-state index contributed by atoms with van der Waals surface area (Å²) in [5.41, 5.74) is 3.72. The summed E-state index contributed by atoms with van der Waals surface area (Å²) >= 11 is 0. The molecule has 1 aliphatic heterocycles. The van der Waals surface area contributed by atoms with Crippen LogP contribution >= 0.6 is 0 Å². The Balaban J connectivity index is 1.48. The molecular weight excluding hydrogens is 402 g/mol. The second-order valence-corrected chi connectivity index (χ2v) is 9.67. The summed E-state index contributed by atoms with van der Waals surface area (Å²) in [6.07, 6.45) is 1.04. The Hall–Kier alpha value is -2.58. The van der Waals surface area contributed by atoms with E-state index in [0.717, 1.165) is 22.6 Å². The summed E-state index contributed by atoms with van der Waals surface area (Å²) < 4.78 is 32.2. The molecule has 0 spiro atoms. The van der Waals surface area contributed by atoms with Gasteiger partial charge in [0.1, 0.15) is 5.75 Å². The summed E-state index contributed by atoms with van der Waals surface area (Å²) in [6.45, 7) is 1.16. The lowest BCUT2D eigenvalue weighted by molar-refractivity contribution is 0.0953. The van der Waals surface area contributed by atoms with Crippen molar-refractivity contribution >= 4 is 21.6 Å². The molecule has 1 aliphatic rings. The molecule has 2 aromatic carbocycles. The first-order valence-corrected chi connectivity index (χ1v) is 11.6. The molecule has 1 amide bonds. The molecule has 0 unspecified atom stereocenters. The molecule has 162 valence electrons. The van der Waals surface area contributed by atoms with Crippen LogP contribution in [0.3, 0.4) is 0 Å². The van der Waals surface area contributed by atoms with Crippen LogP contribution in [0.4, 0.5) is 5.69 Å². The molecule has 7 nitrogen and oxygen atoms in total. The molecule has 3 rings (SSSR count). The van der Waals surface area contributed by atoms with Gasteiger partial charge in [0.15, 0.2) is 0 Å². The van der Waals surface area contributed by atoms with Gasteiger partial charge in [-0.3, -0.25) is 4.79 Å². The number of nitrogens with zero attached hydrogens (tertiary/aromatic N) is 2. The third kappa shape index (κ3) is 5.31. The quantitative estimate of drug-likeness (QED) is 0.649. The number of carbonyl (C=O) groups is 1. The second-order valence-electron chi connectivity index (χ2n) is 7.58. The van der Waals surface area contributed by atoms with Gasteiger partial charge < -0.3 is 15.0 Å². The number of benzene rings is 2. The van der Waals surface area contributed by atoms with E-state index in [1.165, 1.54) is 4.31 Å². The molecular formula is C22H29N3O4S. The van der Waals surface area contributed by atoms with Crippen molar-refractivity contribution in [3.63, 3.8) is 0 Å². The van der Waals surface area contributed by atoms with Gasteiger partial charge >= 0.3 is 0 Å². The molecule has 30 heavy (non-hydrogen) atoms. The number of hydrogen-bond donors (Lipinski definition) is 1. The van der Waals surface area contributed by atoms with E-state index in [1.54, 1.807) is 19.2 Å². The average Bonchev–Trinajstić information content (AvgIpc) is 2.75. The number of fused-ring (bicyclic) bond motifs is 1. The molecule has 0 saturated carbocycles. The van der Waals surface area contributed by atoms with E-state index in [9.17, 15) is 13.2 Å². The largest absolute Gasteiger partial charge is 0.497 e. The van der Waals surface area contributed by atoms with Crippen molar-refractivity contribution in [1.82, 2.24) is 9.62 Å². The molecule has 0 fully saturated rings. The van der Waals surface area contributed by atoms with Crippen LogP contribution in [0.1, 0.15) is 27.9 Å². The lowest BCUT2D eigenvalue weighted by atomic mass is 10.0. The number of anilines is 1. The molecule has 0 radical (unpaired) electrons. The van der Waals surface area contributed by atoms with Crippen molar-refractivity contribution in [2.45, 2.75) is 19.4 Å². The van der Waals surface area contributed by atoms with Gasteiger partial charge in [-0.25, -0.2) is 8.42 Å². The van der Waals surface area contributed by atoms with Crippen LogP contribution in [0.15, 0.2) is 42.5 Å². The molecule has 1 N–H and O–H groups in total. The van der Waals surface area contributed by atoms with Gasteiger partial charge in [0.2, 0.25) is 10.0 Å². The van der Waals surface area contributed by atoms with Gasteiger partial charge in [-0.2, -0.15) is 4.31 Å². The van der Waals surface area contributed by atoms with E-state index in [1.807, 2.05) is 49.3 Å². The fraction of sp³-hybridized carbons (Fsp3) is 0.409. The second kappa shape index (κ2) is 9.49.